The summed E-state index contributed by atoms with van der Waals surface area (Å²) in [5.74, 6) is 0.551. The summed E-state index contributed by atoms with van der Waals surface area (Å²) in [5.41, 5.74) is 2.39. The average Bonchev–Trinajstić information content (AvgIpc) is 3.37. The number of fused-ring (bicyclic) bond motifs is 1. The summed E-state index contributed by atoms with van der Waals surface area (Å²) in [4.78, 5) is 26.5. The number of nitrogens with one attached hydrogen (secondary N) is 1. The van der Waals surface area contributed by atoms with E-state index in [1.165, 1.54) is 11.3 Å². The molecule has 0 atom stereocenters. The largest absolute Gasteiger partial charge is 0.485 e. The highest BCUT2D eigenvalue weighted by atomic mass is 35.5. The van der Waals surface area contributed by atoms with Gasteiger partial charge in [0, 0.05) is 9.90 Å². The number of furan rings is 1. The molecule has 6 nitrogen and oxygen atoms in total. The maximum Gasteiger partial charge on any atom is 0.341 e. The van der Waals surface area contributed by atoms with Crippen LogP contribution in [0.4, 0.5) is 5.00 Å². The molecule has 0 radical (unpaired) electrons. The average molecular weight is 474 g/mol. The number of hydrogen-bond acceptors (Lipinski definition) is 6. The first-order valence-electron chi connectivity index (χ1n) is 10.6. The molecule has 1 aliphatic rings. The number of rotatable bonds is 7. The van der Waals surface area contributed by atoms with Crippen molar-refractivity contribution in [3.05, 3.63) is 68.4 Å². The molecule has 168 valence electrons. The number of anilines is 1. The van der Waals surface area contributed by atoms with Crippen LogP contribution in [0.15, 0.2) is 34.7 Å². The summed E-state index contributed by atoms with van der Waals surface area (Å²) >= 11 is 7.42. The summed E-state index contributed by atoms with van der Waals surface area (Å²) in [7, 11) is 0. The Morgan fingerprint density at radius 1 is 1.19 bits per heavy atom. The van der Waals surface area contributed by atoms with Crippen LogP contribution in [0.3, 0.4) is 0 Å². The fourth-order valence-corrected chi connectivity index (χ4v) is 5.24. The van der Waals surface area contributed by atoms with Gasteiger partial charge in [-0.25, -0.2) is 4.79 Å². The number of benzene rings is 1. The quantitative estimate of drug-likeness (QED) is 0.414. The zero-order valence-electron chi connectivity index (χ0n) is 18.0. The maximum atomic E-state index is 12.8. The molecule has 0 aliphatic heterocycles. The van der Waals surface area contributed by atoms with Gasteiger partial charge in [0.15, 0.2) is 5.76 Å². The standard InChI is InChI=1S/C24H24ClNO5S/c1-3-29-24(28)21-17-6-4-5-7-20(17)32-23(21)26-22(27)19-11-9-16(31-19)13-30-18-10-8-15(25)12-14(18)2/h8-12H,3-7,13H2,1-2H3,(H,26,27). The van der Waals surface area contributed by atoms with Gasteiger partial charge in [0.2, 0.25) is 0 Å². The number of carbonyl (C=O) groups is 2. The van der Waals surface area contributed by atoms with E-state index in [1.807, 2.05) is 13.0 Å². The maximum absolute atomic E-state index is 12.8. The number of aryl methyl sites for hydroxylation is 2. The number of hydrogen-bond donors (Lipinski definition) is 1. The molecule has 0 bridgehead atoms. The topological polar surface area (TPSA) is 77.8 Å². The van der Waals surface area contributed by atoms with E-state index in [0.29, 0.717) is 27.1 Å². The van der Waals surface area contributed by atoms with Gasteiger partial charge in [0.05, 0.1) is 12.2 Å². The normalized spacial score (nSPS) is 12.8. The summed E-state index contributed by atoms with van der Waals surface area (Å²) < 4.78 is 16.7. The van der Waals surface area contributed by atoms with E-state index in [-0.39, 0.29) is 19.0 Å². The lowest BCUT2D eigenvalue weighted by molar-refractivity contribution is 0.0526. The Kier molecular flexibility index (Phi) is 6.86. The molecule has 1 aliphatic carbocycles. The van der Waals surface area contributed by atoms with Crippen LogP contribution in [-0.2, 0) is 24.2 Å². The molecule has 0 saturated carbocycles. The first-order valence-corrected chi connectivity index (χ1v) is 11.8. The first-order chi connectivity index (χ1) is 15.5. The van der Waals surface area contributed by atoms with E-state index in [9.17, 15) is 9.59 Å². The third-order valence-electron chi connectivity index (χ3n) is 5.27. The Morgan fingerprint density at radius 2 is 2.00 bits per heavy atom. The van der Waals surface area contributed by atoms with Crippen LogP contribution in [0.2, 0.25) is 5.02 Å². The molecule has 1 aromatic carbocycles. The summed E-state index contributed by atoms with van der Waals surface area (Å²) in [6.45, 7) is 4.14. The molecule has 0 saturated heterocycles. The minimum Gasteiger partial charge on any atom is -0.485 e. The molecule has 1 N–H and O–H groups in total. The Morgan fingerprint density at radius 3 is 2.78 bits per heavy atom. The fourth-order valence-electron chi connectivity index (χ4n) is 3.74. The summed E-state index contributed by atoms with van der Waals surface area (Å²) in [5, 5.41) is 4.02. The third kappa shape index (κ3) is 4.84. The van der Waals surface area contributed by atoms with Crippen molar-refractivity contribution in [2.75, 3.05) is 11.9 Å². The van der Waals surface area contributed by atoms with Gasteiger partial charge in [-0.2, -0.15) is 0 Å². The van der Waals surface area contributed by atoms with Crippen molar-refractivity contribution in [1.82, 2.24) is 0 Å². The molecule has 1 amide bonds. The van der Waals surface area contributed by atoms with Crippen LogP contribution in [0.1, 0.15) is 62.4 Å². The Bertz CT molecular complexity index is 1150. The highest BCUT2D eigenvalue weighted by Gasteiger charge is 2.28. The van der Waals surface area contributed by atoms with Gasteiger partial charge >= 0.3 is 5.97 Å². The van der Waals surface area contributed by atoms with Gasteiger partial charge in [-0.05, 0) is 81.0 Å². The van der Waals surface area contributed by atoms with Crippen molar-refractivity contribution in [3.8, 4) is 5.75 Å². The highest BCUT2D eigenvalue weighted by Crippen LogP contribution is 2.39. The number of thiophene rings is 1. The zero-order valence-corrected chi connectivity index (χ0v) is 19.5. The molecule has 0 spiro atoms. The molecule has 32 heavy (non-hydrogen) atoms. The van der Waals surface area contributed by atoms with E-state index >= 15 is 0 Å². The van der Waals surface area contributed by atoms with Gasteiger partial charge in [-0.3, -0.25) is 4.79 Å². The van der Waals surface area contributed by atoms with Gasteiger partial charge in [-0.1, -0.05) is 11.6 Å². The molecular formula is C24H24ClNO5S. The van der Waals surface area contributed by atoms with Crippen molar-refractivity contribution in [2.45, 2.75) is 46.1 Å². The molecule has 4 rings (SSSR count). The lowest BCUT2D eigenvalue weighted by atomic mass is 9.95. The van der Waals surface area contributed by atoms with Crippen LogP contribution >= 0.6 is 22.9 Å². The van der Waals surface area contributed by atoms with E-state index < -0.39 is 11.9 Å². The van der Waals surface area contributed by atoms with E-state index in [1.54, 1.807) is 31.2 Å². The second-order valence-corrected chi connectivity index (χ2v) is 9.10. The molecular weight excluding hydrogens is 450 g/mol. The molecule has 8 heteroatoms. The lowest BCUT2D eigenvalue weighted by Gasteiger charge is -2.12. The monoisotopic (exact) mass is 473 g/mol. The number of amides is 1. The van der Waals surface area contributed by atoms with Gasteiger partial charge in [-0.15, -0.1) is 11.3 Å². The Labute approximate surface area is 195 Å². The van der Waals surface area contributed by atoms with Crippen LogP contribution < -0.4 is 10.1 Å². The van der Waals surface area contributed by atoms with Crippen LogP contribution in [0.5, 0.6) is 5.75 Å². The van der Waals surface area contributed by atoms with Crippen LogP contribution in [-0.4, -0.2) is 18.5 Å². The zero-order chi connectivity index (χ0) is 22.7. The van der Waals surface area contributed by atoms with Crippen LogP contribution in [0, 0.1) is 6.92 Å². The predicted octanol–water partition coefficient (Wildman–Crippen LogP) is 6.19. The van der Waals surface area contributed by atoms with Gasteiger partial charge in [0.25, 0.3) is 5.91 Å². The van der Waals surface area contributed by atoms with E-state index in [2.05, 4.69) is 5.32 Å². The SMILES string of the molecule is CCOC(=O)c1c(NC(=O)c2ccc(COc3ccc(Cl)cc3C)o2)sc2c1CCCC2. The number of carbonyl (C=O) groups excluding carboxylic acids is 2. The Balaban J connectivity index is 1.47. The van der Waals surface area contributed by atoms with Crippen molar-refractivity contribution in [1.29, 1.82) is 0 Å². The molecule has 2 aromatic heterocycles. The second kappa shape index (κ2) is 9.79. The number of esters is 1. The molecule has 0 unspecified atom stereocenters. The van der Waals surface area contributed by atoms with Crippen LogP contribution in [0.25, 0.3) is 0 Å². The summed E-state index contributed by atoms with van der Waals surface area (Å²) in [6.07, 6.45) is 3.84. The van der Waals surface area contributed by atoms with Gasteiger partial charge in [0.1, 0.15) is 23.1 Å². The number of ether oxygens (including phenoxy) is 2. The molecule has 0 fully saturated rings. The first kappa shape index (κ1) is 22.4. The van der Waals surface area contributed by atoms with E-state index in [4.69, 9.17) is 25.5 Å². The Hall–Kier alpha value is -2.77. The third-order valence-corrected chi connectivity index (χ3v) is 6.71. The van der Waals surface area contributed by atoms with E-state index in [0.717, 1.165) is 41.7 Å². The van der Waals surface area contributed by atoms with Crippen molar-refractivity contribution in [3.63, 3.8) is 0 Å². The van der Waals surface area contributed by atoms with Crippen molar-refractivity contribution < 1.29 is 23.5 Å². The fraction of sp³-hybridized carbons (Fsp3) is 0.333. The van der Waals surface area contributed by atoms with Crippen molar-refractivity contribution in [2.24, 2.45) is 0 Å². The van der Waals surface area contributed by atoms with Gasteiger partial charge < -0.3 is 19.2 Å². The molecule has 2 heterocycles. The van der Waals surface area contributed by atoms with Crippen molar-refractivity contribution >= 4 is 39.8 Å². The minimum absolute atomic E-state index is 0.151. The highest BCUT2D eigenvalue weighted by molar-refractivity contribution is 7.17. The molecule has 3 aromatic rings. The summed E-state index contributed by atoms with van der Waals surface area (Å²) in [6, 6.07) is 8.67. The minimum atomic E-state index is -0.414. The lowest BCUT2D eigenvalue weighted by Crippen LogP contribution is -2.15. The second-order valence-electron chi connectivity index (χ2n) is 7.55. The smallest absolute Gasteiger partial charge is 0.341 e. The predicted molar refractivity (Wildman–Crippen MR) is 124 cm³/mol. The number of halogens is 1.